The van der Waals surface area contributed by atoms with E-state index in [0.717, 1.165) is 21.3 Å². The Balaban J connectivity index is 2.20. The minimum Gasteiger partial charge on any atom is -0.454 e. The van der Waals surface area contributed by atoms with Gasteiger partial charge >= 0.3 is 0 Å². The molecular formula is C10H8BrN3O2. The molecule has 0 bridgehead atoms. The zero-order valence-electron chi connectivity index (χ0n) is 8.16. The number of aromatic nitrogens is 2. The second kappa shape index (κ2) is 3.41. The molecule has 1 aromatic heterocycles. The van der Waals surface area contributed by atoms with Crippen molar-refractivity contribution in [3.8, 4) is 22.6 Å². The molecule has 0 radical (unpaired) electrons. The molecule has 0 aliphatic carbocycles. The molecule has 1 aliphatic heterocycles. The molecule has 0 spiro atoms. The van der Waals surface area contributed by atoms with Crippen LogP contribution in [-0.4, -0.2) is 17.0 Å². The van der Waals surface area contributed by atoms with Gasteiger partial charge < -0.3 is 15.2 Å². The monoisotopic (exact) mass is 281 g/mol. The molecule has 0 amide bonds. The maximum Gasteiger partial charge on any atom is 0.231 e. The smallest absolute Gasteiger partial charge is 0.231 e. The minimum atomic E-state index is 0.248. The average molecular weight is 282 g/mol. The Morgan fingerprint density at radius 2 is 2.19 bits per heavy atom. The number of hydrogen-bond acceptors (Lipinski definition) is 4. The van der Waals surface area contributed by atoms with Crippen molar-refractivity contribution in [2.24, 2.45) is 0 Å². The molecule has 6 heteroatoms. The van der Waals surface area contributed by atoms with Crippen LogP contribution in [-0.2, 0) is 0 Å². The van der Waals surface area contributed by atoms with Crippen LogP contribution in [0.25, 0.3) is 11.1 Å². The summed E-state index contributed by atoms with van der Waals surface area (Å²) in [6, 6.07) is 3.77. The number of nitrogens with zero attached hydrogens (tertiary/aromatic N) is 1. The summed E-state index contributed by atoms with van der Waals surface area (Å²) in [7, 11) is 0. The lowest BCUT2D eigenvalue weighted by molar-refractivity contribution is 0.173. The molecule has 2 heterocycles. The highest BCUT2D eigenvalue weighted by atomic mass is 79.9. The molecule has 3 rings (SSSR count). The fraction of sp³-hybridized carbons (Fsp3) is 0.100. The van der Waals surface area contributed by atoms with Gasteiger partial charge in [0, 0.05) is 11.1 Å². The number of rotatable bonds is 1. The third-order valence-electron chi connectivity index (χ3n) is 2.44. The zero-order valence-corrected chi connectivity index (χ0v) is 9.74. The molecule has 82 valence electrons. The van der Waals surface area contributed by atoms with Gasteiger partial charge in [-0.05, 0) is 28.1 Å². The lowest BCUT2D eigenvalue weighted by Gasteiger charge is -2.05. The highest BCUT2D eigenvalue weighted by Gasteiger charge is 2.21. The summed E-state index contributed by atoms with van der Waals surface area (Å²) in [5.74, 6) is 1.97. The Morgan fingerprint density at radius 1 is 1.31 bits per heavy atom. The van der Waals surface area contributed by atoms with Crippen molar-refractivity contribution in [1.29, 1.82) is 0 Å². The second-order valence-corrected chi connectivity index (χ2v) is 4.15. The van der Waals surface area contributed by atoms with Gasteiger partial charge in [0.25, 0.3) is 0 Å². The second-order valence-electron chi connectivity index (χ2n) is 3.36. The predicted octanol–water partition coefficient (Wildman–Crippen LogP) is 2.15. The standard InChI is InChI=1S/C10H8BrN3O2/c11-8-5(6-3-13-14-10(6)12)1-2-7-9(8)16-4-15-7/h1-3H,4H2,(H3,12,13,14). The van der Waals surface area contributed by atoms with E-state index in [0.29, 0.717) is 11.6 Å². The first-order valence-electron chi connectivity index (χ1n) is 4.64. The van der Waals surface area contributed by atoms with Gasteiger partial charge in [-0.1, -0.05) is 0 Å². The van der Waals surface area contributed by atoms with Crippen molar-refractivity contribution in [3.05, 3.63) is 22.8 Å². The van der Waals surface area contributed by atoms with Crippen molar-refractivity contribution < 1.29 is 9.47 Å². The highest BCUT2D eigenvalue weighted by molar-refractivity contribution is 9.10. The quantitative estimate of drug-likeness (QED) is 0.840. The van der Waals surface area contributed by atoms with Crippen LogP contribution in [0.5, 0.6) is 11.5 Å². The molecule has 0 saturated carbocycles. The summed E-state index contributed by atoms with van der Waals surface area (Å²) in [6.45, 7) is 0.248. The Bertz CT molecular complexity index is 553. The number of hydrogen-bond donors (Lipinski definition) is 2. The van der Waals surface area contributed by atoms with Crippen LogP contribution in [0, 0.1) is 0 Å². The Kier molecular flexibility index (Phi) is 2.03. The maximum absolute atomic E-state index is 5.78. The number of nitrogens with two attached hydrogens (primary N) is 1. The number of benzene rings is 1. The molecule has 1 aromatic carbocycles. The number of H-pyrrole nitrogens is 1. The fourth-order valence-corrected chi connectivity index (χ4v) is 2.31. The van der Waals surface area contributed by atoms with Gasteiger partial charge in [-0.3, -0.25) is 5.10 Å². The molecule has 3 N–H and O–H groups in total. The van der Waals surface area contributed by atoms with Crippen molar-refractivity contribution in [3.63, 3.8) is 0 Å². The number of ether oxygens (including phenoxy) is 2. The van der Waals surface area contributed by atoms with E-state index in [2.05, 4.69) is 26.1 Å². The normalized spacial score (nSPS) is 13.1. The third-order valence-corrected chi connectivity index (χ3v) is 3.22. The minimum absolute atomic E-state index is 0.248. The van der Waals surface area contributed by atoms with Crippen molar-refractivity contribution in [2.75, 3.05) is 12.5 Å². The van der Waals surface area contributed by atoms with Crippen LogP contribution < -0.4 is 15.2 Å². The zero-order chi connectivity index (χ0) is 11.1. The molecule has 0 saturated heterocycles. The first-order valence-corrected chi connectivity index (χ1v) is 5.44. The van der Waals surface area contributed by atoms with Gasteiger partial charge in [-0.25, -0.2) is 0 Å². The van der Waals surface area contributed by atoms with Gasteiger partial charge in [-0.15, -0.1) is 0 Å². The van der Waals surface area contributed by atoms with E-state index in [1.165, 1.54) is 0 Å². The predicted molar refractivity (Wildman–Crippen MR) is 62.3 cm³/mol. The van der Waals surface area contributed by atoms with Crippen LogP contribution in [0.4, 0.5) is 5.82 Å². The van der Waals surface area contributed by atoms with E-state index in [4.69, 9.17) is 15.2 Å². The van der Waals surface area contributed by atoms with Gasteiger partial charge in [-0.2, -0.15) is 5.10 Å². The molecule has 5 nitrogen and oxygen atoms in total. The van der Waals surface area contributed by atoms with Crippen molar-refractivity contribution in [2.45, 2.75) is 0 Å². The number of halogens is 1. The van der Waals surface area contributed by atoms with Crippen LogP contribution in [0.1, 0.15) is 0 Å². The maximum atomic E-state index is 5.78. The summed E-state index contributed by atoms with van der Waals surface area (Å²) in [4.78, 5) is 0. The molecule has 0 atom stereocenters. The largest absolute Gasteiger partial charge is 0.454 e. The first-order chi connectivity index (χ1) is 7.77. The summed E-state index contributed by atoms with van der Waals surface area (Å²) >= 11 is 3.49. The van der Waals surface area contributed by atoms with E-state index in [-0.39, 0.29) is 6.79 Å². The average Bonchev–Trinajstić information content (AvgIpc) is 2.88. The van der Waals surface area contributed by atoms with Crippen molar-refractivity contribution >= 4 is 21.7 Å². The fourth-order valence-electron chi connectivity index (χ4n) is 1.66. The molecule has 2 aromatic rings. The Labute approximate surface area is 99.7 Å². The number of nitrogen functional groups attached to an aromatic ring is 1. The summed E-state index contributed by atoms with van der Waals surface area (Å²) < 4.78 is 11.5. The van der Waals surface area contributed by atoms with Crippen LogP contribution in [0.3, 0.4) is 0 Å². The lowest BCUT2D eigenvalue weighted by atomic mass is 10.1. The summed E-state index contributed by atoms with van der Waals surface area (Å²) in [6.07, 6.45) is 1.68. The van der Waals surface area contributed by atoms with Crippen molar-refractivity contribution in [1.82, 2.24) is 10.2 Å². The number of anilines is 1. The highest BCUT2D eigenvalue weighted by Crippen LogP contribution is 2.45. The molecule has 16 heavy (non-hydrogen) atoms. The molecule has 1 aliphatic rings. The number of fused-ring (bicyclic) bond motifs is 1. The van der Waals surface area contributed by atoms with Crippen LogP contribution in [0.2, 0.25) is 0 Å². The van der Waals surface area contributed by atoms with E-state index in [1.807, 2.05) is 12.1 Å². The topological polar surface area (TPSA) is 73.2 Å². The van der Waals surface area contributed by atoms with E-state index >= 15 is 0 Å². The Morgan fingerprint density at radius 3 is 2.94 bits per heavy atom. The Hall–Kier alpha value is -1.69. The van der Waals surface area contributed by atoms with Crippen LogP contribution >= 0.6 is 15.9 Å². The molecule has 0 fully saturated rings. The number of aromatic amines is 1. The molecule has 0 unspecified atom stereocenters. The summed E-state index contributed by atoms with van der Waals surface area (Å²) in [5, 5.41) is 6.59. The SMILES string of the molecule is Nc1[nH]ncc1-c1ccc2c(c1Br)OCO2. The summed E-state index contributed by atoms with van der Waals surface area (Å²) in [5.41, 5.74) is 7.54. The van der Waals surface area contributed by atoms with Gasteiger partial charge in [0.05, 0.1) is 10.7 Å². The first kappa shape index (κ1) is 9.53. The lowest BCUT2D eigenvalue weighted by Crippen LogP contribution is -1.93. The van der Waals surface area contributed by atoms with E-state index in [1.54, 1.807) is 6.20 Å². The van der Waals surface area contributed by atoms with E-state index in [9.17, 15) is 0 Å². The van der Waals surface area contributed by atoms with Gasteiger partial charge in [0.1, 0.15) is 5.82 Å². The third kappa shape index (κ3) is 1.26. The molecular weight excluding hydrogens is 274 g/mol. The number of nitrogens with one attached hydrogen (secondary N) is 1. The van der Waals surface area contributed by atoms with Crippen LogP contribution in [0.15, 0.2) is 22.8 Å². The van der Waals surface area contributed by atoms with E-state index < -0.39 is 0 Å². The van der Waals surface area contributed by atoms with Gasteiger partial charge in [0.2, 0.25) is 6.79 Å². The van der Waals surface area contributed by atoms with Gasteiger partial charge in [0.15, 0.2) is 11.5 Å².